The highest BCUT2D eigenvalue weighted by atomic mass is 16.2. The molecule has 25 heavy (non-hydrogen) atoms. The molecular formula is C20H25N3O2. The number of hydrogen-bond donors (Lipinski definition) is 1. The van der Waals surface area contributed by atoms with Crippen molar-refractivity contribution in [1.82, 2.24) is 15.2 Å². The Morgan fingerprint density at radius 2 is 1.80 bits per heavy atom. The highest BCUT2D eigenvalue weighted by molar-refractivity contribution is 5.98. The molecule has 132 valence electrons. The van der Waals surface area contributed by atoms with Crippen molar-refractivity contribution in [3.63, 3.8) is 0 Å². The van der Waals surface area contributed by atoms with Gasteiger partial charge in [-0.1, -0.05) is 30.3 Å². The van der Waals surface area contributed by atoms with Gasteiger partial charge in [0.05, 0.1) is 0 Å². The normalized spacial score (nSPS) is 11.0. The third kappa shape index (κ3) is 5.41. The molecule has 0 bridgehead atoms. The third-order valence-corrected chi connectivity index (χ3v) is 3.61. The van der Waals surface area contributed by atoms with Crippen molar-refractivity contribution in [2.75, 3.05) is 6.54 Å². The zero-order chi connectivity index (χ0) is 18.4. The number of amides is 2. The molecule has 5 nitrogen and oxygen atoms in total. The molecule has 1 aromatic carbocycles. The highest BCUT2D eigenvalue weighted by Crippen LogP contribution is 2.11. The fourth-order valence-corrected chi connectivity index (χ4v) is 2.39. The molecule has 1 aromatic heterocycles. The fourth-order valence-electron chi connectivity index (χ4n) is 2.39. The van der Waals surface area contributed by atoms with Crippen LogP contribution in [0.15, 0.2) is 48.7 Å². The quantitative estimate of drug-likeness (QED) is 0.909. The average Bonchev–Trinajstić information content (AvgIpc) is 2.58. The van der Waals surface area contributed by atoms with Crippen LogP contribution in [0.1, 0.15) is 54.1 Å². The van der Waals surface area contributed by atoms with Gasteiger partial charge in [-0.05, 0) is 45.4 Å². The molecule has 0 saturated heterocycles. The second-order valence-corrected chi connectivity index (χ2v) is 6.94. The van der Waals surface area contributed by atoms with Crippen LogP contribution in [0, 0.1) is 0 Å². The van der Waals surface area contributed by atoms with E-state index in [-0.39, 0.29) is 23.0 Å². The van der Waals surface area contributed by atoms with Crippen LogP contribution in [0.25, 0.3) is 0 Å². The Hall–Kier alpha value is -2.69. The van der Waals surface area contributed by atoms with Gasteiger partial charge in [-0.3, -0.25) is 14.6 Å². The summed E-state index contributed by atoms with van der Waals surface area (Å²) in [6, 6.07) is 13.0. The minimum atomic E-state index is -0.340. The summed E-state index contributed by atoms with van der Waals surface area (Å²) in [7, 11) is 0. The second-order valence-electron chi connectivity index (χ2n) is 6.94. The maximum absolute atomic E-state index is 12.8. The van der Waals surface area contributed by atoms with Gasteiger partial charge in [0, 0.05) is 30.4 Å². The van der Waals surface area contributed by atoms with E-state index in [2.05, 4.69) is 10.3 Å². The van der Waals surface area contributed by atoms with Gasteiger partial charge in [0.15, 0.2) is 0 Å². The monoisotopic (exact) mass is 339 g/mol. The van der Waals surface area contributed by atoms with Gasteiger partial charge < -0.3 is 10.2 Å². The minimum absolute atomic E-state index is 0.184. The first kappa shape index (κ1) is 18.6. The molecule has 0 saturated carbocycles. The summed E-state index contributed by atoms with van der Waals surface area (Å²) in [5, 5.41) is 2.89. The molecule has 0 spiro atoms. The molecule has 5 heteroatoms. The molecule has 2 rings (SSSR count). The number of pyridine rings is 1. The van der Waals surface area contributed by atoms with E-state index in [9.17, 15) is 9.59 Å². The van der Waals surface area contributed by atoms with E-state index in [1.807, 2.05) is 58.0 Å². The maximum Gasteiger partial charge on any atom is 0.272 e. The number of hydrogen-bond acceptors (Lipinski definition) is 3. The lowest BCUT2D eigenvalue weighted by molar-refractivity contribution is 0.0746. The van der Waals surface area contributed by atoms with Crippen LogP contribution in [0.4, 0.5) is 0 Å². The molecule has 2 amide bonds. The zero-order valence-corrected chi connectivity index (χ0v) is 15.2. The van der Waals surface area contributed by atoms with E-state index in [0.717, 1.165) is 5.56 Å². The number of rotatable bonds is 5. The second kappa shape index (κ2) is 7.92. The van der Waals surface area contributed by atoms with Crippen LogP contribution >= 0.6 is 0 Å². The fraction of sp³-hybridized carbons (Fsp3) is 0.350. The van der Waals surface area contributed by atoms with E-state index in [1.165, 1.54) is 6.20 Å². The van der Waals surface area contributed by atoms with Gasteiger partial charge in [-0.2, -0.15) is 0 Å². The van der Waals surface area contributed by atoms with Gasteiger partial charge in [0.25, 0.3) is 11.8 Å². The first-order valence-corrected chi connectivity index (χ1v) is 8.42. The van der Waals surface area contributed by atoms with Crippen molar-refractivity contribution < 1.29 is 9.59 Å². The smallest absolute Gasteiger partial charge is 0.272 e. The maximum atomic E-state index is 12.8. The average molecular weight is 339 g/mol. The molecule has 1 heterocycles. The van der Waals surface area contributed by atoms with Gasteiger partial charge in [0.2, 0.25) is 0 Å². The third-order valence-electron chi connectivity index (χ3n) is 3.61. The highest BCUT2D eigenvalue weighted by Gasteiger charge is 2.19. The summed E-state index contributed by atoms with van der Waals surface area (Å²) in [5.41, 5.74) is 1.43. The van der Waals surface area contributed by atoms with Gasteiger partial charge in [-0.25, -0.2) is 0 Å². The van der Waals surface area contributed by atoms with E-state index >= 15 is 0 Å². The van der Waals surface area contributed by atoms with Crippen molar-refractivity contribution in [2.24, 2.45) is 0 Å². The van der Waals surface area contributed by atoms with Crippen molar-refractivity contribution >= 4 is 11.8 Å². The van der Waals surface area contributed by atoms with Gasteiger partial charge >= 0.3 is 0 Å². The number of aromatic nitrogens is 1. The molecule has 0 unspecified atom stereocenters. The van der Waals surface area contributed by atoms with E-state index < -0.39 is 0 Å². The summed E-state index contributed by atoms with van der Waals surface area (Å²) in [6.07, 6.45) is 1.50. The van der Waals surface area contributed by atoms with Gasteiger partial charge in [0.1, 0.15) is 5.69 Å². The SMILES string of the molecule is CCN(Cc1ccccc1)C(=O)c1cc(C(=O)NC(C)(C)C)ccn1. The lowest BCUT2D eigenvalue weighted by Gasteiger charge is -2.22. The predicted molar refractivity (Wildman–Crippen MR) is 98.3 cm³/mol. The minimum Gasteiger partial charge on any atom is -0.347 e. The Kier molecular flexibility index (Phi) is 5.91. The Balaban J connectivity index is 2.17. The largest absolute Gasteiger partial charge is 0.347 e. The van der Waals surface area contributed by atoms with E-state index in [1.54, 1.807) is 17.0 Å². The van der Waals surface area contributed by atoms with Gasteiger partial charge in [-0.15, -0.1) is 0 Å². The molecule has 0 aliphatic heterocycles. The molecule has 0 fully saturated rings. The molecule has 1 N–H and O–H groups in total. The summed E-state index contributed by atoms with van der Waals surface area (Å²) < 4.78 is 0. The van der Waals surface area contributed by atoms with Crippen LogP contribution in [-0.4, -0.2) is 33.8 Å². The zero-order valence-electron chi connectivity index (χ0n) is 15.2. The summed E-state index contributed by atoms with van der Waals surface area (Å²) in [5.74, 6) is -0.396. The van der Waals surface area contributed by atoms with Crippen LogP contribution in [-0.2, 0) is 6.54 Å². The molecule has 0 radical (unpaired) electrons. The summed E-state index contributed by atoms with van der Waals surface area (Å²) >= 11 is 0. The molecule has 0 atom stereocenters. The standard InChI is InChI=1S/C20H25N3O2/c1-5-23(14-15-9-7-6-8-10-15)19(25)17-13-16(11-12-21-17)18(24)22-20(2,3)4/h6-13H,5,14H2,1-4H3,(H,22,24). The molecule has 0 aliphatic carbocycles. The molecule has 2 aromatic rings. The van der Waals surface area contributed by atoms with Crippen LogP contribution < -0.4 is 5.32 Å². The van der Waals surface area contributed by atoms with Crippen molar-refractivity contribution in [2.45, 2.75) is 39.8 Å². The topological polar surface area (TPSA) is 62.3 Å². The Bertz CT molecular complexity index is 736. The lowest BCUT2D eigenvalue weighted by atomic mass is 10.1. The van der Waals surface area contributed by atoms with E-state index in [0.29, 0.717) is 18.7 Å². The number of nitrogens with zero attached hydrogens (tertiary/aromatic N) is 2. The molecular weight excluding hydrogens is 314 g/mol. The predicted octanol–water partition coefficient (Wildman–Crippen LogP) is 3.27. The number of carbonyl (C=O) groups excluding carboxylic acids is 2. The van der Waals surface area contributed by atoms with Crippen LogP contribution in [0.2, 0.25) is 0 Å². The number of nitrogens with one attached hydrogen (secondary N) is 1. The number of benzene rings is 1. The first-order valence-electron chi connectivity index (χ1n) is 8.42. The Labute approximate surface area is 149 Å². The lowest BCUT2D eigenvalue weighted by Crippen LogP contribution is -2.40. The van der Waals surface area contributed by atoms with Crippen molar-refractivity contribution in [3.05, 3.63) is 65.5 Å². The van der Waals surface area contributed by atoms with Crippen LogP contribution in [0.3, 0.4) is 0 Å². The number of carbonyl (C=O) groups is 2. The van der Waals surface area contributed by atoms with E-state index in [4.69, 9.17) is 0 Å². The first-order chi connectivity index (χ1) is 11.8. The Morgan fingerprint density at radius 1 is 1.12 bits per heavy atom. The van der Waals surface area contributed by atoms with Crippen LogP contribution in [0.5, 0.6) is 0 Å². The molecule has 0 aliphatic rings. The summed E-state index contributed by atoms with van der Waals surface area (Å²) in [4.78, 5) is 30.9. The summed E-state index contributed by atoms with van der Waals surface area (Å²) in [6.45, 7) is 8.74. The van der Waals surface area contributed by atoms with Crippen molar-refractivity contribution in [1.29, 1.82) is 0 Å². The Morgan fingerprint density at radius 3 is 2.40 bits per heavy atom. The van der Waals surface area contributed by atoms with Crippen molar-refractivity contribution in [3.8, 4) is 0 Å².